The number of rotatable bonds is 4. The van der Waals surface area contributed by atoms with Gasteiger partial charge >= 0.3 is 0 Å². The van der Waals surface area contributed by atoms with Gasteiger partial charge in [-0.25, -0.2) is 8.78 Å². The maximum Gasteiger partial charge on any atom is 0.149 e. The molecule has 5 heteroatoms. The molecule has 0 saturated carbocycles. The van der Waals surface area contributed by atoms with E-state index in [-0.39, 0.29) is 10.2 Å². The Morgan fingerprint density at radius 1 is 1.35 bits per heavy atom. The van der Waals surface area contributed by atoms with Gasteiger partial charge in [-0.3, -0.25) is 0 Å². The van der Waals surface area contributed by atoms with Crippen molar-refractivity contribution in [3.05, 3.63) is 28.2 Å². The van der Waals surface area contributed by atoms with Gasteiger partial charge in [0.25, 0.3) is 0 Å². The van der Waals surface area contributed by atoms with E-state index in [0.29, 0.717) is 13.0 Å². The highest BCUT2D eigenvalue weighted by molar-refractivity contribution is 9.10. The van der Waals surface area contributed by atoms with Gasteiger partial charge in [0.15, 0.2) is 0 Å². The second kappa shape index (κ2) is 5.46. The van der Waals surface area contributed by atoms with Crippen molar-refractivity contribution in [2.75, 3.05) is 11.9 Å². The van der Waals surface area contributed by atoms with Crippen LogP contribution < -0.4 is 5.32 Å². The first kappa shape index (κ1) is 13.9. The molecular formula is C12H13BrF2N2. The molecule has 0 aliphatic rings. The molecule has 0 amide bonds. The summed E-state index contributed by atoms with van der Waals surface area (Å²) in [7, 11) is 0. The Labute approximate surface area is 108 Å². The fraction of sp³-hybridized carbons (Fsp3) is 0.417. The maximum absolute atomic E-state index is 13.3. The van der Waals surface area contributed by atoms with Crippen LogP contribution >= 0.6 is 15.9 Å². The molecule has 0 radical (unpaired) electrons. The molecular weight excluding hydrogens is 290 g/mol. The third kappa shape index (κ3) is 3.97. The highest BCUT2D eigenvalue weighted by Crippen LogP contribution is 2.24. The van der Waals surface area contributed by atoms with Gasteiger partial charge in [-0.05, 0) is 42.3 Å². The minimum Gasteiger partial charge on any atom is -0.383 e. The van der Waals surface area contributed by atoms with E-state index in [0.717, 1.165) is 6.07 Å². The Balaban J connectivity index is 2.65. The summed E-state index contributed by atoms with van der Waals surface area (Å²) in [4.78, 5) is 0. The molecule has 0 aliphatic carbocycles. The molecule has 0 aliphatic heterocycles. The lowest BCUT2D eigenvalue weighted by molar-refractivity contribution is 0.466. The van der Waals surface area contributed by atoms with Crippen LogP contribution in [0.15, 0.2) is 16.6 Å². The van der Waals surface area contributed by atoms with Gasteiger partial charge in [-0.2, -0.15) is 5.26 Å². The first-order valence-corrected chi connectivity index (χ1v) is 5.95. The van der Waals surface area contributed by atoms with Crippen molar-refractivity contribution < 1.29 is 8.78 Å². The topological polar surface area (TPSA) is 35.8 Å². The molecule has 1 aromatic carbocycles. The standard InChI is InChI=1S/C12H13BrF2N2/c1-12(2,7-16)3-4-17-11-5-8(13)9(14)6-10(11)15/h5-6,17H,3-4H2,1-2H3. The highest BCUT2D eigenvalue weighted by Gasteiger charge is 2.16. The van der Waals surface area contributed by atoms with E-state index in [1.165, 1.54) is 6.07 Å². The van der Waals surface area contributed by atoms with Crippen LogP contribution in [0.3, 0.4) is 0 Å². The van der Waals surface area contributed by atoms with Gasteiger partial charge in [0.1, 0.15) is 11.6 Å². The average molecular weight is 303 g/mol. The molecule has 0 bridgehead atoms. The number of anilines is 1. The number of nitrogens with zero attached hydrogens (tertiary/aromatic N) is 1. The molecule has 0 saturated heterocycles. The van der Waals surface area contributed by atoms with Crippen LogP contribution in [0.5, 0.6) is 0 Å². The number of hydrogen-bond acceptors (Lipinski definition) is 2. The lowest BCUT2D eigenvalue weighted by atomic mass is 9.91. The summed E-state index contributed by atoms with van der Waals surface area (Å²) in [5.41, 5.74) is -0.229. The van der Waals surface area contributed by atoms with Crippen LogP contribution in [-0.4, -0.2) is 6.54 Å². The van der Waals surface area contributed by atoms with Gasteiger partial charge in [0.2, 0.25) is 0 Å². The van der Waals surface area contributed by atoms with Gasteiger partial charge in [0.05, 0.1) is 21.6 Å². The third-order valence-corrected chi connectivity index (χ3v) is 2.99. The molecule has 0 heterocycles. The van der Waals surface area contributed by atoms with E-state index >= 15 is 0 Å². The fourth-order valence-electron chi connectivity index (χ4n) is 1.22. The highest BCUT2D eigenvalue weighted by atomic mass is 79.9. The van der Waals surface area contributed by atoms with E-state index in [9.17, 15) is 8.78 Å². The Hall–Kier alpha value is -1.15. The summed E-state index contributed by atoms with van der Waals surface area (Å²) in [5.74, 6) is -1.27. The SMILES string of the molecule is CC(C)(C#N)CCNc1cc(Br)c(F)cc1F. The first-order chi connectivity index (χ1) is 7.85. The van der Waals surface area contributed by atoms with Crippen LogP contribution in [0.1, 0.15) is 20.3 Å². The van der Waals surface area contributed by atoms with Crippen molar-refractivity contribution in [3.8, 4) is 6.07 Å². The minimum atomic E-state index is -0.638. The van der Waals surface area contributed by atoms with Crippen LogP contribution in [0.4, 0.5) is 14.5 Å². The van der Waals surface area contributed by atoms with E-state index < -0.39 is 17.0 Å². The Morgan fingerprint density at radius 2 is 2.00 bits per heavy atom. The Bertz CT molecular complexity index is 453. The minimum absolute atomic E-state index is 0.209. The van der Waals surface area contributed by atoms with Gasteiger partial charge in [0, 0.05) is 12.6 Å². The normalized spacial score (nSPS) is 11.1. The molecule has 1 N–H and O–H groups in total. The number of nitrogens with one attached hydrogen (secondary N) is 1. The van der Waals surface area contributed by atoms with Gasteiger partial charge < -0.3 is 5.32 Å². The number of nitriles is 1. The molecule has 0 unspecified atom stereocenters. The number of hydrogen-bond donors (Lipinski definition) is 1. The molecule has 0 atom stereocenters. The van der Waals surface area contributed by atoms with Crippen LogP contribution in [0.2, 0.25) is 0 Å². The molecule has 0 aromatic heterocycles. The molecule has 92 valence electrons. The average Bonchev–Trinajstić information content (AvgIpc) is 2.25. The quantitative estimate of drug-likeness (QED) is 0.851. The number of halogens is 3. The summed E-state index contributed by atoms with van der Waals surface area (Å²) in [6.45, 7) is 4.08. The predicted octanol–water partition coefficient (Wildman–Crippen LogP) is 4.08. The van der Waals surface area contributed by atoms with E-state index in [1.807, 2.05) is 13.8 Å². The van der Waals surface area contributed by atoms with Crippen molar-refractivity contribution in [1.29, 1.82) is 5.26 Å². The Kier molecular flexibility index (Phi) is 4.47. The molecule has 2 nitrogen and oxygen atoms in total. The van der Waals surface area contributed by atoms with Crippen LogP contribution in [0.25, 0.3) is 0 Å². The monoisotopic (exact) mass is 302 g/mol. The summed E-state index contributed by atoms with van der Waals surface area (Å²) in [6.07, 6.45) is 0.581. The lowest BCUT2D eigenvalue weighted by Crippen LogP contribution is -2.15. The molecule has 17 heavy (non-hydrogen) atoms. The van der Waals surface area contributed by atoms with Crippen LogP contribution in [-0.2, 0) is 0 Å². The predicted molar refractivity (Wildman–Crippen MR) is 66.6 cm³/mol. The first-order valence-electron chi connectivity index (χ1n) is 5.15. The zero-order valence-corrected chi connectivity index (χ0v) is 11.2. The lowest BCUT2D eigenvalue weighted by Gasteiger charge is -2.16. The molecule has 0 spiro atoms. The van der Waals surface area contributed by atoms with Gasteiger partial charge in [-0.1, -0.05) is 0 Å². The summed E-state index contributed by atoms with van der Waals surface area (Å²) in [5, 5.41) is 11.7. The third-order valence-electron chi connectivity index (χ3n) is 2.38. The van der Waals surface area contributed by atoms with Crippen molar-refractivity contribution in [3.63, 3.8) is 0 Å². The van der Waals surface area contributed by atoms with Crippen molar-refractivity contribution in [2.24, 2.45) is 5.41 Å². The number of benzene rings is 1. The maximum atomic E-state index is 13.3. The van der Waals surface area contributed by atoms with E-state index in [4.69, 9.17) is 5.26 Å². The summed E-state index contributed by atoms with van der Waals surface area (Å²) >= 11 is 2.99. The van der Waals surface area contributed by atoms with Gasteiger partial charge in [-0.15, -0.1) is 0 Å². The molecule has 1 rings (SSSR count). The second-order valence-electron chi connectivity index (χ2n) is 4.42. The molecule has 0 fully saturated rings. The summed E-state index contributed by atoms with van der Waals surface area (Å²) in [6, 6.07) is 4.33. The van der Waals surface area contributed by atoms with Crippen molar-refractivity contribution >= 4 is 21.6 Å². The zero-order valence-electron chi connectivity index (χ0n) is 9.65. The fourth-order valence-corrected chi connectivity index (χ4v) is 1.57. The zero-order chi connectivity index (χ0) is 13.1. The smallest absolute Gasteiger partial charge is 0.149 e. The summed E-state index contributed by atoms with van der Waals surface area (Å²) < 4.78 is 26.5. The van der Waals surface area contributed by atoms with E-state index in [1.54, 1.807) is 0 Å². The second-order valence-corrected chi connectivity index (χ2v) is 5.27. The Morgan fingerprint density at radius 3 is 2.59 bits per heavy atom. The van der Waals surface area contributed by atoms with Crippen molar-refractivity contribution in [2.45, 2.75) is 20.3 Å². The van der Waals surface area contributed by atoms with E-state index in [2.05, 4.69) is 27.3 Å². The molecule has 1 aromatic rings. The van der Waals surface area contributed by atoms with Crippen molar-refractivity contribution in [1.82, 2.24) is 0 Å². The largest absolute Gasteiger partial charge is 0.383 e. The van der Waals surface area contributed by atoms with Crippen LogP contribution in [0, 0.1) is 28.4 Å².